The SMILES string of the molecule is CN1C(=O)c2c(F)c(F)c(F)c(F)c2[C@@]12OC[C@@H]2c1ccccc1. The maximum Gasteiger partial charge on any atom is 0.259 e. The van der Waals surface area contributed by atoms with Crippen molar-refractivity contribution in [3.63, 3.8) is 0 Å². The molecule has 0 aliphatic carbocycles. The molecule has 1 fully saturated rings. The first-order valence-corrected chi connectivity index (χ1v) is 7.24. The lowest BCUT2D eigenvalue weighted by molar-refractivity contribution is -0.241. The molecule has 1 spiro atoms. The van der Waals surface area contributed by atoms with Crippen molar-refractivity contribution in [3.05, 3.63) is 70.3 Å². The maximum absolute atomic E-state index is 14.5. The highest BCUT2D eigenvalue weighted by molar-refractivity contribution is 6.00. The molecule has 3 nitrogen and oxygen atoms in total. The van der Waals surface area contributed by atoms with Crippen LogP contribution in [0.1, 0.15) is 27.4 Å². The van der Waals surface area contributed by atoms with Gasteiger partial charge in [-0.1, -0.05) is 30.3 Å². The number of hydrogen-bond donors (Lipinski definition) is 0. The number of likely N-dealkylation sites (N-methyl/N-ethyl adjacent to an activating group) is 1. The topological polar surface area (TPSA) is 29.5 Å². The van der Waals surface area contributed by atoms with Crippen LogP contribution in [0.5, 0.6) is 0 Å². The zero-order valence-electron chi connectivity index (χ0n) is 12.4. The third-order valence-electron chi connectivity index (χ3n) is 4.79. The van der Waals surface area contributed by atoms with Gasteiger partial charge in [0, 0.05) is 7.05 Å². The molecule has 0 N–H and O–H groups in total. The Bertz CT molecular complexity index is 871. The van der Waals surface area contributed by atoms with E-state index in [1.807, 2.05) is 0 Å². The Hall–Kier alpha value is -2.41. The number of ether oxygens (including phenoxy) is 1. The first-order chi connectivity index (χ1) is 11.4. The highest BCUT2D eigenvalue weighted by Crippen LogP contribution is 2.56. The lowest BCUT2D eigenvalue weighted by atomic mass is 9.79. The number of hydrogen-bond acceptors (Lipinski definition) is 2. The van der Waals surface area contributed by atoms with Crippen molar-refractivity contribution in [3.8, 4) is 0 Å². The summed E-state index contributed by atoms with van der Waals surface area (Å²) >= 11 is 0. The molecule has 0 unspecified atom stereocenters. The fourth-order valence-corrected chi connectivity index (χ4v) is 3.56. The number of carbonyl (C=O) groups is 1. The summed E-state index contributed by atoms with van der Waals surface area (Å²) in [6.45, 7) is 0.140. The van der Waals surface area contributed by atoms with Crippen molar-refractivity contribution in [2.24, 2.45) is 0 Å². The van der Waals surface area contributed by atoms with E-state index in [-0.39, 0.29) is 6.61 Å². The Morgan fingerprint density at radius 2 is 1.67 bits per heavy atom. The summed E-state index contributed by atoms with van der Waals surface area (Å²) in [7, 11) is 1.30. The highest BCUT2D eigenvalue weighted by atomic mass is 19.2. The third-order valence-corrected chi connectivity index (χ3v) is 4.79. The second kappa shape index (κ2) is 4.80. The molecule has 2 aromatic rings. The summed E-state index contributed by atoms with van der Waals surface area (Å²) in [4.78, 5) is 13.4. The highest BCUT2D eigenvalue weighted by Gasteiger charge is 2.63. The summed E-state index contributed by atoms with van der Waals surface area (Å²) in [5.41, 5.74) is -2.34. The molecule has 2 aliphatic rings. The molecule has 2 heterocycles. The molecule has 0 saturated carbocycles. The first kappa shape index (κ1) is 15.1. The van der Waals surface area contributed by atoms with Crippen molar-refractivity contribution in [2.45, 2.75) is 11.6 Å². The summed E-state index contributed by atoms with van der Waals surface area (Å²) < 4.78 is 61.4. The summed E-state index contributed by atoms with van der Waals surface area (Å²) in [6, 6.07) is 8.78. The number of benzene rings is 2. The quantitative estimate of drug-likeness (QED) is 0.454. The van der Waals surface area contributed by atoms with Gasteiger partial charge in [0.05, 0.1) is 23.7 Å². The molecular formula is C17H11F4NO2. The average molecular weight is 337 g/mol. The van der Waals surface area contributed by atoms with Gasteiger partial charge in [0.1, 0.15) is 0 Å². The van der Waals surface area contributed by atoms with Gasteiger partial charge in [-0.15, -0.1) is 0 Å². The fourth-order valence-electron chi connectivity index (χ4n) is 3.56. The molecule has 0 aromatic heterocycles. The van der Waals surface area contributed by atoms with E-state index in [0.717, 1.165) is 10.5 Å². The summed E-state index contributed by atoms with van der Waals surface area (Å²) in [5, 5.41) is 0. The van der Waals surface area contributed by atoms with E-state index in [4.69, 9.17) is 4.74 Å². The van der Waals surface area contributed by atoms with Crippen molar-refractivity contribution in [2.75, 3.05) is 13.7 Å². The van der Waals surface area contributed by atoms with Crippen LogP contribution >= 0.6 is 0 Å². The van der Waals surface area contributed by atoms with Crippen LogP contribution < -0.4 is 0 Å². The van der Waals surface area contributed by atoms with Gasteiger partial charge in [0.2, 0.25) is 0 Å². The van der Waals surface area contributed by atoms with Crippen molar-refractivity contribution >= 4 is 5.91 Å². The minimum atomic E-state index is -2.00. The Kier molecular flexibility index (Phi) is 3.02. The van der Waals surface area contributed by atoms with Crippen LogP contribution in [0.2, 0.25) is 0 Å². The number of fused-ring (bicyclic) bond motifs is 2. The van der Waals surface area contributed by atoms with Crippen LogP contribution in [0.15, 0.2) is 30.3 Å². The van der Waals surface area contributed by atoms with Gasteiger partial charge >= 0.3 is 0 Å². The van der Waals surface area contributed by atoms with Gasteiger partial charge in [-0.25, -0.2) is 17.6 Å². The van der Waals surface area contributed by atoms with E-state index in [0.29, 0.717) is 0 Å². The smallest absolute Gasteiger partial charge is 0.259 e. The van der Waals surface area contributed by atoms with Crippen LogP contribution in [0.3, 0.4) is 0 Å². The van der Waals surface area contributed by atoms with Gasteiger partial charge < -0.3 is 9.64 Å². The van der Waals surface area contributed by atoms with E-state index in [2.05, 4.69) is 0 Å². The van der Waals surface area contributed by atoms with Crippen LogP contribution in [0, 0.1) is 23.3 Å². The normalized spacial score (nSPS) is 25.1. The predicted molar refractivity (Wildman–Crippen MR) is 75.2 cm³/mol. The maximum atomic E-state index is 14.5. The van der Waals surface area contributed by atoms with E-state index < -0.39 is 51.9 Å². The van der Waals surface area contributed by atoms with Gasteiger partial charge in [-0.3, -0.25) is 4.79 Å². The number of nitrogens with zero attached hydrogens (tertiary/aromatic N) is 1. The fraction of sp³-hybridized carbons (Fsp3) is 0.235. The lowest BCUT2D eigenvalue weighted by Gasteiger charge is -2.51. The number of amides is 1. The standard InChI is InChI=1S/C17H11F4NO2/c1-22-16(23)10-11(13(19)15(21)14(20)12(10)18)17(22)9(7-24-17)8-5-3-2-4-6-8/h2-6,9H,7H2,1H3/t9-,17-/m1/s1. The third kappa shape index (κ3) is 1.57. The monoisotopic (exact) mass is 337 g/mol. The first-order valence-electron chi connectivity index (χ1n) is 7.24. The van der Waals surface area contributed by atoms with Crippen LogP contribution in [0.4, 0.5) is 17.6 Å². The van der Waals surface area contributed by atoms with Gasteiger partial charge in [0.25, 0.3) is 5.91 Å². The van der Waals surface area contributed by atoms with Crippen molar-refractivity contribution in [1.82, 2.24) is 4.90 Å². The van der Waals surface area contributed by atoms with E-state index in [9.17, 15) is 22.4 Å². The minimum Gasteiger partial charge on any atom is -0.349 e. The number of rotatable bonds is 1. The van der Waals surface area contributed by atoms with Gasteiger partial charge in [0.15, 0.2) is 29.0 Å². The summed E-state index contributed by atoms with van der Waals surface area (Å²) in [5.74, 6) is -8.70. The van der Waals surface area contributed by atoms with Crippen LogP contribution in [0.25, 0.3) is 0 Å². The molecule has 2 aromatic carbocycles. The number of halogens is 4. The Labute approximate surface area is 134 Å². The molecule has 24 heavy (non-hydrogen) atoms. The molecule has 0 bridgehead atoms. The number of carbonyl (C=O) groups excluding carboxylic acids is 1. The predicted octanol–water partition coefficient (Wildman–Crippen LogP) is 3.30. The molecule has 1 amide bonds. The van der Waals surface area contributed by atoms with E-state index in [1.165, 1.54) is 7.05 Å². The second-order valence-corrected chi connectivity index (χ2v) is 5.84. The average Bonchev–Trinajstić information content (AvgIpc) is 2.81. The molecular weight excluding hydrogens is 326 g/mol. The zero-order valence-corrected chi connectivity index (χ0v) is 12.4. The molecule has 1 saturated heterocycles. The molecule has 7 heteroatoms. The molecule has 0 radical (unpaired) electrons. The lowest BCUT2D eigenvalue weighted by Crippen LogP contribution is -2.57. The summed E-state index contributed by atoms with van der Waals surface area (Å²) in [6.07, 6.45) is 0. The Balaban J connectivity index is 2.00. The van der Waals surface area contributed by atoms with E-state index in [1.54, 1.807) is 30.3 Å². The van der Waals surface area contributed by atoms with Crippen LogP contribution in [-0.2, 0) is 10.5 Å². The second-order valence-electron chi connectivity index (χ2n) is 5.84. The molecule has 2 aliphatic heterocycles. The Morgan fingerprint density at radius 1 is 1.04 bits per heavy atom. The molecule has 124 valence electrons. The Morgan fingerprint density at radius 3 is 2.25 bits per heavy atom. The van der Waals surface area contributed by atoms with Gasteiger partial charge in [-0.2, -0.15) is 0 Å². The van der Waals surface area contributed by atoms with E-state index >= 15 is 0 Å². The van der Waals surface area contributed by atoms with Gasteiger partial charge in [-0.05, 0) is 5.56 Å². The van der Waals surface area contributed by atoms with Crippen LogP contribution in [-0.4, -0.2) is 24.5 Å². The van der Waals surface area contributed by atoms with Crippen molar-refractivity contribution < 1.29 is 27.1 Å². The minimum absolute atomic E-state index is 0.140. The van der Waals surface area contributed by atoms with Crippen molar-refractivity contribution in [1.29, 1.82) is 0 Å². The molecule has 2 atom stereocenters. The largest absolute Gasteiger partial charge is 0.349 e. The molecule has 4 rings (SSSR count). The zero-order chi connectivity index (χ0) is 17.2.